The fourth-order valence-electron chi connectivity index (χ4n) is 3.61. The second-order valence-electron chi connectivity index (χ2n) is 9.97. The molecule has 3 unspecified atom stereocenters. The van der Waals surface area contributed by atoms with Gasteiger partial charge in [-0.15, -0.1) is 0 Å². The molecule has 2 aromatic rings. The molecule has 0 radical (unpaired) electrons. The van der Waals surface area contributed by atoms with Crippen molar-refractivity contribution in [3.05, 3.63) is 59.7 Å². The highest BCUT2D eigenvalue weighted by Crippen LogP contribution is 2.33. The summed E-state index contributed by atoms with van der Waals surface area (Å²) in [5.41, 5.74) is 1.74. The smallest absolute Gasteiger partial charge is 0.302 e. The van der Waals surface area contributed by atoms with Crippen LogP contribution in [0.25, 0.3) is 0 Å². The zero-order valence-corrected chi connectivity index (χ0v) is 24.2. The molecule has 11 nitrogen and oxygen atoms in total. The molecule has 226 valence electrons. The van der Waals surface area contributed by atoms with Crippen molar-refractivity contribution in [3.63, 3.8) is 0 Å². The average molecular weight is 577 g/mol. The first-order chi connectivity index (χ1) is 19.4. The highest BCUT2D eigenvalue weighted by atomic mass is 16.6. The number of carbonyl (C=O) groups is 3. The number of ether oxygens (including phenoxy) is 6. The quantitative estimate of drug-likeness (QED) is 0.212. The highest BCUT2D eigenvalue weighted by molar-refractivity contribution is 5.66. The third kappa shape index (κ3) is 12.6. The van der Waals surface area contributed by atoms with Crippen molar-refractivity contribution < 1.29 is 53.0 Å². The van der Waals surface area contributed by atoms with Crippen LogP contribution in [0, 0.1) is 0 Å². The summed E-state index contributed by atoms with van der Waals surface area (Å²) in [5.74, 6) is -0.274. The van der Waals surface area contributed by atoms with E-state index in [0.717, 1.165) is 11.1 Å². The van der Waals surface area contributed by atoms with Gasteiger partial charge in [-0.3, -0.25) is 14.4 Å². The molecular weight excluding hydrogens is 536 g/mol. The zero-order valence-electron chi connectivity index (χ0n) is 24.2. The van der Waals surface area contributed by atoms with E-state index in [1.807, 2.05) is 48.5 Å². The Morgan fingerprint density at radius 1 is 0.610 bits per heavy atom. The van der Waals surface area contributed by atoms with Crippen molar-refractivity contribution in [1.29, 1.82) is 0 Å². The maximum atomic E-state index is 11.3. The van der Waals surface area contributed by atoms with Crippen molar-refractivity contribution in [2.24, 2.45) is 0 Å². The minimum absolute atomic E-state index is 0.000875. The Morgan fingerprint density at radius 2 is 1.00 bits per heavy atom. The molecule has 2 N–H and O–H groups in total. The Balaban J connectivity index is 1.94. The Kier molecular flexibility index (Phi) is 13.5. The van der Waals surface area contributed by atoms with Gasteiger partial charge in [0.25, 0.3) is 0 Å². The lowest BCUT2D eigenvalue weighted by atomic mass is 9.78. The van der Waals surface area contributed by atoms with Crippen molar-refractivity contribution >= 4 is 17.9 Å². The fourth-order valence-corrected chi connectivity index (χ4v) is 3.61. The van der Waals surface area contributed by atoms with Gasteiger partial charge in [-0.2, -0.15) is 0 Å². The summed E-state index contributed by atoms with van der Waals surface area (Å²) < 4.78 is 31.6. The van der Waals surface area contributed by atoms with Crippen LogP contribution >= 0.6 is 0 Å². The standard InChI is InChI=1S/C30H40O11/c1-20(31)36-14-25(34)16-39-27-10-6-23(7-11-27)30(4,5)24-8-12-28(13-9-24)41-19-29(18-38-22(3)33)40-17-26(35)15-37-21(2)32/h6-13,25-26,29,34-35H,14-19H2,1-5H3. The van der Waals surface area contributed by atoms with Gasteiger partial charge in [0.1, 0.15) is 62.8 Å². The van der Waals surface area contributed by atoms with E-state index in [0.29, 0.717) is 11.5 Å². The second kappa shape index (κ2) is 16.6. The molecule has 0 aliphatic carbocycles. The molecule has 0 fully saturated rings. The third-order valence-corrected chi connectivity index (χ3v) is 5.99. The molecule has 0 spiro atoms. The Morgan fingerprint density at radius 3 is 1.44 bits per heavy atom. The predicted octanol–water partition coefficient (Wildman–Crippen LogP) is 2.57. The van der Waals surface area contributed by atoms with Crippen LogP contribution in [0.5, 0.6) is 11.5 Å². The van der Waals surface area contributed by atoms with Crippen LogP contribution in [-0.2, 0) is 38.7 Å². The van der Waals surface area contributed by atoms with Crippen LogP contribution < -0.4 is 9.47 Å². The molecule has 2 rings (SSSR count). The number of esters is 3. The third-order valence-electron chi connectivity index (χ3n) is 5.99. The van der Waals surface area contributed by atoms with E-state index in [-0.39, 0.29) is 45.1 Å². The van der Waals surface area contributed by atoms with Gasteiger partial charge in [0.05, 0.1) is 6.61 Å². The molecular formula is C30H40O11. The first-order valence-corrected chi connectivity index (χ1v) is 13.2. The summed E-state index contributed by atoms with van der Waals surface area (Å²) in [6.45, 7) is 7.52. The second-order valence-corrected chi connectivity index (χ2v) is 9.97. The molecule has 0 bridgehead atoms. The molecule has 0 aliphatic heterocycles. The minimum Gasteiger partial charge on any atom is -0.491 e. The number of hydrogen-bond donors (Lipinski definition) is 2. The summed E-state index contributed by atoms with van der Waals surface area (Å²) in [5, 5.41) is 19.8. The summed E-state index contributed by atoms with van der Waals surface area (Å²) in [6.07, 6.45) is -2.59. The number of hydrogen-bond acceptors (Lipinski definition) is 11. The van der Waals surface area contributed by atoms with E-state index in [4.69, 9.17) is 28.4 Å². The molecule has 41 heavy (non-hydrogen) atoms. The molecule has 3 atom stereocenters. The molecule has 2 aromatic carbocycles. The maximum Gasteiger partial charge on any atom is 0.302 e. The van der Waals surface area contributed by atoms with Gasteiger partial charge in [-0.25, -0.2) is 0 Å². The molecule has 0 saturated heterocycles. The Bertz CT molecular complexity index is 1100. The molecule has 0 aliphatic rings. The minimum atomic E-state index is -1.03. The average Bonchev–Trinajstić information content (AvgIpc) is 2.93. The van der Waals surface area contributed by atoms with Gasteiger partial charge in [0, 0.05) is 26.2 Å². The lowest BCUT2D eigenvalue weighted by Crippen LogP contribution is -2.33. The molecule has 0 aromatic heterocycles. The van der Waals surface area contributed by atoms with E-state index in [9.17, 15) is 24.6 Å². The van der Waals surface area contributed by atoms with E-state index >= 15 is 0 Å². The van der Waals surface area contributed by atoms with E-state index in [1.54, 1.807) is 0 Å². The van der Waals surface area contributed by atoms with Crippen LogP contribution in [0.15, 0.2) is 48.5 Å². The first kappa shape index (κ1) is 33.5. The van der Waals surface area contributed by atoms with Crippen molar-refractivity contribution in [1.82, 2.24) is 0 Å². The maximum absolute atomic E-state index is 11.3. The van der Waals surface area contributed by atoms with Gasteiger partial charge in [-0.05, 0) is 35.4 Å². The van der Waals surface area contributed by atoms with Crippen LogP contribution in [0.4, 0.5) is 0 Å². The van der Waals surface area contributed by atoms with Crippen molar-refractivity contribution in [3.8, 4) is 11.5 Å². The van der Waals surface area contributed by atoms with Crippen LogP contribution in [0.1, 0.15) is 45.7 Å². The number of aliphatic hydroxyl groups is 2. The monoisotopic (exact) mass is 576 g/mol. The van der Waals surface area contributed by atoms with E-state index in [1.165, 1.54) is 20.8 Å². The normalized spacial score (nSPS) is 13.4. The van der Waals surface area contributed by atoms with Gasteiger partial charge < -0.3 is 38.6 Å². The molecule has 0 amide bonds. The molecule has 11 heteroatoms. The summed E-state index contributed by atoms with van der Waals surface area (Å²) in [6, 6.07) is 15.1. The summed E-state index contributed by atoms with van der Waals surface area (Å²) in [7, 11) is 0. The first-order valence-electron chi connectivity index (χ1n) is 13.2. The highest BCUT2D eigenvalue weighted by Gasteiger charge is 2.23. The topological polar surface area (TPSA) is 147 Å². The van der Waals surface area contributed by atoms with E-state index < -0.39 is 36.2 Å². The summed E-state index contributed by atoms with van der Waals surface area (Å²) in [4.78, 5) is 33.0. The summed E-state index contributed by atoms with van der Waals surface area (Å²) >= 11 is 0. The number of aliphatic hydroxyl groups excluding tert-OH is 2. The number of rotatable bonds is 17. The van der Waals surface area contributed by atoms with Crippen LogP contribution in [-0.4, -0.2) is 86.1 Å². The zero-order chi connectivity index (χ0) is 30.4. The van der Waals surface area contributed by atoms with Crippen molar-refractivity contribution in [2.75, 3.05) is 39.6 Å². The van der Waals surface area contributed by atoms with E-state index in [2.05, 4.69) is 13.8 Å². The number of carbonyl (C=O) groups excluding carboxylic acids is 3. The molecule has 0 heterocycles. The SMILES string of the molecule is CC(=O)OCC(O)COc1ccc(C(C)(C)c2ccc(OCC(COC(C)=O)OCC(O)COC(C)=O)cc2)cc1. The van der Waals surface area contributed by atoms with Crippen LogP contribution in [0.2, 0.25) is 0 Å². The lowest BCUT2D eigenvalue weighted by Gasteiger charge is -2.27. The number of benzene rings is 2. The Labute approximate surface area is 240 Å². The van der Waals surface area contributed by atoms with Crippen molar-refractivity contribution in [2.45, 2.75) is 58.3 Å². The lowest BCUT2D eigenvalue weighted by molar-refractivity contribution is -0.151. The molecule has 0 saturated carbocycles. The largest absolute Gasteiger partial charge is 0.491 e. The van der Waals surface area contributed by atoms with Gasteiger partial charge >= 0.3 is 17.9 Å². The predicted molar refractivity (Wildman–Crippen MR) is 148 cm³/mol. The Hall–Kier alpha value is -3.67. The van der Waals surface area contributed by atoms with Crippen LogP contribution in [0.3, 0.4) is 0 Å². The van der Waals surface area contributed by atoms with Gasteiger partial charge in [-0.1, -0.05) is 38.1 Å². The van der Waals surface area contributed by atoms with Gasteiger partial charge in [0.2, 0.25) is 0 Å². The van der Waals surface area contributed by atoms with Gasteiger partial charge in [0.15, 0.2) is 0 Å². The fraction of sp³-hybridized carbons (Fsp3) is 0.500.